The van der Waals surface area contributed by atoms with Crippen LogP contribution in [0.2, 0.25) is 0 Å². The van der Waals surface area contributed by atoms with Gasteiger partial charge in [-0.15, -0.1) is 5.10 Å². The van der Waals surface area contributed by atoms with Crippen molar-refractivity contribution in [1.82, 2.24) is 10.2 Å². The van der Waals surface area contributed by atoms with Crippen LogP contribution in [0.3, 0.4) is 0 Å². The van der Waals surface area contributed by atoms with Crippen LogP contribution in [0.1, 0.15) is 5.69 Å². The monoisotopic (exact) mass is 163 g/mol. The summed E-state index contributed by atoms with van der Waals surface area (Å²) < 4.78 is 35.6. The zero-order chi connectivity index (χ0) is 8.48. The van der Waals surface area contributed by atoms with Crippen molar-refractivity contribution in [2.75, 3.05) is 5.73 Å². The predicted octanol–water partition coefficient (Wildman–Crippen LogP) is 1.08. The molecule has 0 atom stereocenters. The molecule has 11 heavy (non-hydrogen) atoms. The van der Waals surface area contributed by atoms with E-state index in [0.29, 0.717) is 0 Å². The molecule has 3 nitrogen and oxygen atoms in total. The van der Waals surface area contributed by atoms with Crippen LogP contribution in [0.4, 0.5) is 18.9 Å². The van der Waals surface area contributed by atoms with E-state index in [2.05, 4.69) is 10.2 Å². The average molecular weight is 163 g/mol. The van der Waals surface area contributed by atoms with Crippen LogP contribution in [0.15, 0.2) is 12.3 Å². The molecule has 6 heteroatoms. The van der Waals surface area contributed by atoms with E-state index in [0.717, 1.165) is 12.3 Å². The molecule has 0 radical (unpaired) electrons. The lowest BCUT2D eigenvalue weighted by atomic mass is 10.3. The van der Waals surface area contributed by atoms with Crippen molar-refractivity contribution in [3.05, 3.63) is 18.0 Å². The summed E-state index contributed by atoms with van der Waals surface area (Å²) in [6.45, 7) is 0. The Bertz CT molecular complexity index is 257. The first-order valence-electron chi connectivity index (χ1n) is 2.66. The molecule has 60 valence electrons. The van der Waals surface area contributed by atoms with Crippen LogP contribution in [0, 0.1) is 0 Å². The van der Waals surface area contributed by atoms with Crippen molar-refractivity contribution in [2.45, 2.75) is 6.18 Å². The third kappa shape index (κ3) is 1.57. The van der Waals surface area contributed by atoms with Crippen LogP contribution >= 0.6 is 0 Å². The SMILES string of the molecule is Nc1ccnnc1C(F)(F)F. The molecule has 0 amide bonds. The van der Waals surface area contributed by atoms with Gasteiger partial charge >= 0.3 is 6.18 Å². The lowest BCUT2D eigenvalue weighted by Crippen LogP contribution is -2.12. The average Bonchev–Trinajstić information content (AvgIpc) is 1.86. The molecular weight excluding hydrogens is 159 g/mol. The first-order valence-corrected chi connectivity index (χ1v) is 2.66. The van der Waals surface area contributed by atoms with Crippen molar-refractivity contribution in [3.8, 4) is 0 Å². The molecule has 0 bridgehead atoms. The third-order valence-electron chi connectivity index (χ3n) is 1.02. The molecule has 0 aliphatic carbocycles. The van der Waals surface area contributed by atoms with Crippen LogP contribution in [0.25, 0.3) is 0 Å². The normalized spacial score (nSPS) is 11.5. The van der Waals surface area contributed by atoms with E-state index in [-0.39, 0.29) is 0 Å². The number of nitrogen functional groups attached to an aromatic ring is 1. The fourth-order valence-electron chi connectivity index (χ4n) is 0.562. The van der Waals surface area contributed by atoms with Crippen LogP contribution in [-0.4, -0.2) is 10.2 Å². The minimum absolute atomic E-state index is 0.410. The Morgan fingerprint density at radius 3 is 2.36 bits per heavy atom. The maximum Gasteiger partial charge on any atom is 0.437 e. The lowest BCUT2D eigenvalue weighted by molar-refractivity contribution is -0.141. The molecule has 0 spiro atoms. The summed E-state index contributed by atoms with van der Waals surface area (Å²) in [4.78, 5) is 0. The van der Waals surface area contributed by atoms with Gasteiger partial charge in [0.15, 0.2) is 5.69 Å². The second kappa shape index (κ2) is 2.37. The molecule has 1 rings (SSSR count). The maximum atomic E-state index is 11.9. The first kappa shape index (κ1) is 7.77. The molecule has 0 unspecified atom stereocenters. The van der Waals surface area contributed by atoms with E-state index in [9.17, 15) is 13.2 Å². The number of nitrogens with two attached hydrogens (primary N) is 1. The molecule has 2 N–H and O–H groups in total. The van der Waals surface area contributed by atoms with Gasteiger partial charge in [0, 0.05) is 0 Å². The minimum Gasteiger partial charge on any atom is -0.397 e. The standard InChI is InChI=1S/C5H4F3N3/c6-5(7,8)4-3(9)1-2-10-11-4/h1-2H,(H2,9,10). The summed E-state index contributed by atoms with van der Waals surface area (Å²) in [5.41, 5.74) is 3.44. The fourth-order valence-corrected chi connectivity index (χ4v) is 0.562. The topological polar surface area (TPSA) is 51.8 Å². The number of halogens is 3. The second-order valence-electron chi connectivity index (χ2n) is 1.83. The van der Waals surface area contributed by atoms with Crippen molar-refractivity contribution in [3.63, 3.8) is 0 Å². The second-order valence-corrected chi connectivity index (χ2v) is 1.83. The van der Waals surface area contributed by atoms with Crippen molar-refractivity contribution in [2.24, 2.45) is 0 Å². The van der Waals surface area contributed by atoms with Gasteiger partial charge in [-0.05, 0) is 6.07 Å². The van der Waals surface area contributed by atoms with Gasteiger partial charge in [0.05, 0.1) is 11.9 Å². The van der Waals surface area contributed by atoms with E-state index in [1.54, 1.807) is 0 Å². The smallest absolute Gasteiger partial charge is 0.397 e. The van der Waals surface area contributed by atoms with Gasteiger partial charge in [-0.3, -0.25) is 0 Å². The zero-order valence-corrected chi connectivity index (χ0v) is 5.26. The Hall–Kier alpha value is -1.33. The van der Waals surface area contributed by atoms with E-state index in [4.69, 9.17) is 5.73 Å². The van der Waals surface area contributed by atoms with Gasteiger partial charge in [-0.25, -0.2) is 0 Å². The molecule has 0 aliphatic rings. The first-order chi connectivity index (χ1) is 5.02. The highest BCUT2D eigenvalue weighted by Crippen LogP contribution is 2.30. The Morgan fingerprint density at radius 1 is 1.36 bits per heavy atom. The molecule has 0 saturated carbocycles. The number of hydrogen-bond donors (Lipinski definition) is 1. The number of nitrogens with zero attached hydrogens (tertiary/aromatic N) is 2. The molecule has 0 aromatic carbocycles. The van der Waals surface area contributed by atoms with Crippen LogP contribution < -0.4 is 5.73 Å². The minimum atomic E-state index is -4.52. The van der Waals surface area contributed by atoms with Crippen molar-refractivity contribution < 1.29 is 13.2 Å². The van der Waals surface area contributed by atoms with E-state index in [1.165, 1.54) is 0 Å². The predicted molar refractivity (Wildman–Crippen MR) is 31.4 cm³/mol. The van der Waals surface area contributed by atoms with Crippen molar-refractivity contribution in [1.29, 1.82) is 0 Å². The zero-order valence-electron chi connectivity index (χ0n) is 5.26. The highest BCUT2D eigenvalue weighted by Gasteiger charge is 2.35. The quantitative estimate of drug-likeness (QED) is 0.622. The molecule has 1 heterocycles. The van der Waals surface area contributed by atoms with Gasteiger partial charge in [0.25, 0.3) is 0 Å². The maximum absolute atomic E-state index is 11.9. The fraction of sp³-hybridized carbons (Fsp3) is 0.200. The third-order valence-corrected chi connectivity index (χ3v) is 1.02. The molecular formula is C5H4F3N3. The highest BCUT2D eigenvalue weighted by molar-refractivity contribution is 5.42. The number of rotatable bonds is 0. The number of hydrogen-bond acceptors (Lipinski definition) is 3. The number of aromatic nitrogens is 2. The van der Waals surface area contributed by atoms with Crippen molar-refractivity contribution >= 4 is 5.69 Å². The largest absolute Gasteiger partial charge is 0.437 e. The Labute approximate surface area is 60.0 Å². The Balaban J connectivity index is 3.14. The molecule has 0 aliphatic heterocycles. The highest BCUT2D eigenvalue weighted by atomic mass is 19.4. The van der Waals surface area contributed by atoms with Crippen LogP contribution in [-0.2, 0) is 6.18 Å². The van der Waals surface area contributed by atoms with E-state index < -0.39 is 17.6 Å². The van der Waals surface area contributed by atoms with Gasteiger partial charge in [0.1, 0.15) is 0 Å². The number of anilines is 1. The molecule has 0 saturated heterocycles. The summed E-state index contributed by atoms with van der Waals surface area (Å²) in [5.74, 6) is 0. The van der Waals surface area contributed by atoms with Gasteiger partial charge < -0.3 is 5.73 Å². The van der Waals surface area contributed by atoms with Gasteiger partial charge in [-0.1, -0.05) is 0 Å². The number of alkyl halides is 3. The van der Waals surface area contributed by atoms with Gasteiger partial charge in [-0.2, -0.15) is 18.3 Å². The molecule has 1 aromatic rings. The van der Waals surface area contributed by atoms with Gasteiger partial charge in [0.2, 0.25) is 0 Å². The van der Waals surface area contributed by atoms with E-state index in [1.807, 2.05) is 0 Å². The molecule has 0 fully saturated rings. The summed E-state index contributed by atoms with van der Waals surface area (Å²) >= 11 is 0. The lowest BCUT2D eigenvalue weighted by Gasteiger charge is -2.05. The Kier molecular flexibility index (Phi) is 1.67. The summed E-state index contributed by atoms with van der Waals surface area (Å²) in [6.07, 6.45) is -3.41. The van der Waals surface area contributed by atoms with E-state index >= 15 is 0 Å². The summed E-state index contributed by atoms with van der Waals surface area (Å²) in [5, 5.41) is 5.91. The summed E-state index contributed by atoms with van der Waals surface area (Å²) in [6, 6.07) is 1.05. The molecule has 1 aromatic heterocycles. The summed E-state index contributed by atoms with van der Waals surface area (Å²) in [7, 11) is 0. The van der Waals surface area contributed by atoms with Crippen LogP contribution in [0.5, 0.6) is 0 Å². The Morgan fingerprint density at radius 2 is 2.00 bits per heavy atom.